The number of imidazole rings is 1. The zero-order valence-corrected chi connectivity index (χ0v) is 25.2. The lowest BCUT2D eigenvalue weighted by Gasteiger charge is -2.21. The minimum Gasteiger partial charge on any atom is -0.292 e. The molecule has 0 radical (unpaired) electrons. The van der Waals surface area contributed by atoms with E-state index in [9.17, 15) is 0 Å². The van der Waals surface area contributed by atoms with Gasteiger partial charge in [0.1, 0.15) is 5.82 Å². The second kappa shape index (κ2) is 11.2. The molecule has 0 amide bonds. The van der Waals surface area contributed by atoms with E-state index < -0.39 is 18.1 Å². The van der Waals surface area contributed by atoms with Crippen molar-refractivity contribution in [1.82, 2.24) is 14.5 Å². The zero-order valence-electron chi connectivity index (χ0n) is 30.2. The van der Waals surface area contributed by atoms with Gasteiger partial charge in [-0.05, 0) is 74.6 Å². The smallest absolute Gasteiger partial charge is 0.145 e. The summed E-state index contributed by atoms with van der Waals surface area (Å²) < 4.78 is 44.9. The minimum atomic E-state index is -0.439. The molecule has 0 saturated carbocycles. The lowest BCUT2D eigenvalue weighted by molar-refractivity contribution is 1.10. The van der Waals surface area contributed by atoms with Crippen LogP contribution in [0.2, 0.25) is 0 Å². The van der Waals surface area contributed by atoms with Crippen LogP contribution < -0.4 is 0 Å². The number of hydrogen-bond acceptors (Lipinski definition) is 2. The van der Waals surface area contributed by atoms with E-state index in [4.69, 9.17) is 11.8 Å². The van der Waals surface area contributed by atoms with Crippen molar-refractivity contribution in [2.24, 2.45) is 0 Å². The fourth-order valence-electron chi connectivity index (χ4n) is 6.78. The number of pyridine rings is 1. The molecule has 7 aromatic carbocycles. The molecule has 3 nitrogen and oxygen atoms in total. The quantitative estimate of drug-likeness (QED) is 0.183. The maximum absolute atomic E-state index is 8.88. The van der Waals surface area contributed by atoms with E-state index in [2.05, 4.69) is 83.8 Å². The first-order valence-corrected chi connectivity index (χ1v) is 15.5. The molecular formula is C44H29N3. The van der Waals surface area contributed by atoms with E-state index in [-0.39, 0.29) is 23.5 Å². The van der Waals surface area contributed by atoms with Crippen LogP contribution in [0, 0.1) is 0 Å². The van der Waals surface area contributed by atoms with Gasteiger partial charge in [-0.2, -0.15) is 0 Å². The van der Waals surface area contributed by atoms with Crippen molar-refractivity contribution >= 4 is 32.6 Å². The molecule has 47 heavy (non-hydrogen) atoms. The Morgan fingerprint density at radius 3 is 1.89 bits per heavy atom. The highest BCUT2D eigenvalue weighted by atomic mass is 15.1. The average molecular weight is 605 g/mol. The molecule has 2 aromatic heterocycles. The lowest BCUT2D eigenvalue weighted by atomic mass is 9.85. The second-order valence-electron chi connectivity index (χ2n) is 11.4. The first kappa shape index (κ1) is 22.2. The molecule has 0 aliphatic rings. The van der Waals surface area contributed by atoms with Crippen molar-refractivity contribution in [1.29, 1.82) is 0 Å². The summed E-state index contributed by atoms with van der Waals surface area (Å²) in [5.74, 6) is 0.280. The summed E-state index contributed by atoms with van der Waals surface area (Å²) >= 11 is 0. The first-order chi connectivity index (χ1) is 25.4. The van der Waals surface area contributed by atoms with E-state index in [1.165, 1.54) is 0 Å². The molecule has 0 atom stereocenters. The number of benzene rings is 7. The molecule has 9 rings (SSSR count). The van der Waals surface area contributed by atoms with Gasteiger partial charge in [0, 0.05) is 22.9 Å². The summed E-state index contributed by atoms with van der Waals surface area (Å²) in [7, 11) is 0. The van der Waals surface area contributed by atoms with E-state index in [1.807, 2.05) is 71.4 Å². The predicted molar refractivity (Wildman–Crippen MR) is 196 cm³/mol. The Labute approximate surface area is 280 Å². The van der Waals surface area contributed by atoms with E-state index in [0.717, 1.165) is 66.3 Å². The van der Waals surface area contributed by atoms with Crippen LogP contribution in [0.3, 0.4) is 0 Å². The summed E-state index contributed by atoms with van der Waals surface area (Å²) in [6.07, 6.45) is 1.81. The molecule has 0 N–H and O–H groups in total. The molecule has 9 aromatic rings. The molecule has 0 spiro atoms. The third-order valence-corrected chi connectivity index (χ3v) is 8.74. The van der Waals surface area contributed by atoms with Crippen molar-refractivity contribution in [3.8, 4) is 50.6 Å². The molecule has 0 aliphatic carbocycles. The topological polar surface area (TPSA) is 30.7 Å². The molecule has 0 saturated heterocycles. The van der Waals surface area contributed by atoms with Gasteiger partial charge in [0.25, 0.3) is 0 Å². The molecule has 3 heteroatoms. The highest BCUT2D eigenvalue weighted by Gasteiger charge is 2.22. The molecular weight excluding hydrogens is 571 g/mol. The largest absolute Gasteiger partial charge is 0.292 e. The van der Waals surface area contributed by atoms with Crippen LogP contribution in [0.25, 0.3) is 83.2 Å². The van der Waals surface area contributed by atoms with E-state index in [0.29, 0.717) is 5.52 Å². The van der Waals surface area contributed by atoms with Crippen molar-refractivity contribution in [3.05, 3.63) is 176 Å². The van der Waals surface area contributed by atoms with Gasteiger partial charge < -0.3 is 0 Å². The lowest BCUT2D eigenvalue weighted by Crippen LogP contribution is -2.01. The molecule has 2 heterocycles. The first-order valence-electron chi connectivity index (χ1n) is 18.0. The van der Waals surface area contributed by atoms with Gasteiger partial charge >= 0.3 is 0 Å². The van der Waals surface area contributed by atoms with Crippen LogP contribution >= 0.6 is 0 Å². The molecule has 220 valence electrons. The molecule has 0 fully saturated rings. The number of nitrogens with zero attached hydrogens (tertiary/aromatic N) is 3. The van der Waals surface area contributed by atoms with Gasteiger partial charge in [0.05, 0.1) is 29.3 Å². The van der Waals surface area contributed by atoms with Crippen LogP contribution in [0.5, 0.6) is 0 Å². The van der Waals surface area contributed by atoms with Crippen LogP contribution in [0.15, 0.2) is 176 Å². The van der Waals surface area contributed by atoms with Crippen LogP contribution in [0.1, 0.15) is 6.85 Å². The van der Waals surface area contributed by atoms with Gasteiger partial charge in [-0.25, -0.2) is 4.98 Å². The van der Waals surface area contributed by atoms with Crippen LogP contribution in [-0.2, 0) is 0 Å². The molecule has 0 unspecified atom stereocenters. The van der Waals surface area contributed by atoms with Crippen molar-refractivity contribution in [2.45, 2.75) is 0 Å². The van der Waals surface area contributed by atoms with Crippen molar-refractivity contribution in [2.75, 3.05) is 0 Å². The Bertz CT molecular complexity index is 2780. The Hall–Kier alpha value is -6.32. The fourth-order valence-corrected chi connectivity index (χ4v) is 6.78. The summed E-state index contributed by atoms with van der Waals surface area (Å²) in [5.41, 5.74) is 8.33. The Morgan fingerprint density at radius 1 is 0.511 bits per heavy atom. The van der Waals surface area contributed by atoms with Gasteiger partial charge in [0.15, 0.2) is 0 Å². The highest BCUT2D eigenvalue weighted by molar-refractivity contribution is 6.22. The monoisotopic (exact) mass is 604 g/mol. The zero-order chi connectivity index (χ0) is 35.5. The predicted octanol–water partition coefficient (Wildman–Crippen LogP) is 11.4. The standard InChI is InChI=1S/C44H29N3/c1-2-15-30(16-3-1)44-46-39-25-9-11-27-41(39)47(44)40-26-10-8-23-37(40)43-35-21-6-4-19-33(35)42(34-20-5-7-22-36(34)43)32-18-14-17-31(29-32)38-24-12-13-28-45-38/h1-29H/i1D,2D,3D,15D,16D. The van der Waals surface area contributed by atoms with Crippen molar-refractivity contribution in [3.63, 3.8) is 0 Å². The number of fused-ring (bicyclic) bond motifs is 3. The Morgan fingerprint density at radius 2 is 1.15 bits per heavy atom. The van der Waals surface area contributed by atoms with Gasteiger partial charge in [-0.1, -0.05) is 133 Å². The number of hydrogen-bond donors (Lipinski definition) is 0. The van der Waals surface area contributed by atoms with E-state index in [1.54, 1.807) is 0 Å². The maximum Gasteiger partial charge on any atom is 0.145 e. The average Bonchev–Trinajstić information content (AvgIpc) is 3.57. The third kappa shape index (κ3) is 4.52. The third-order valence-electron chi connectivity index (χ3n) is 8.74. The Balaban J connectivity index is 1.37. The van der Waals surface area contributed by atoms with Gasteiger partial charge in [-0.15, -0.1) is 0 Å². The van der Waals surface area contributed by atoms with Gasteiger partial charge in [0.2, 0.25) is 0 Å². The summed E-state index contributed by atoms with van der Waals surface area (Å²) in [5, 5.41) is 4.29. The molecule has 0 bridgehead atoms. The van der Waals surface area contributed by atoms with Crippen LogP contribution in [0.4, 0.5) is 0 Å². The minimum absolute atomic E-state index is 0.0508. The molecule has 0 aliphatic heterocycles. The maximum atomic E-state index is 8.88. The van der Waals surface area contributed by atoms with Crippen molar-refractivity contribution < 1.29 is 6.85 Å². The number of para-hydroxylation sites is 3. The van der Waals surface area contributed by atoms with Crippen LogP contribution in [-0.4, -0.2) is 14.5 Å². The summed E-state index contributed by atoms with van der Waals surface area (Å²) in [4.78, 5) is 9.54. The fraction of sp³-hybridized carbons (Fsp3) is 0. The van der Waals surface area contributed by atoms with Gasteiger partial charge in [-0.3, -0.25) is 9.55 Å². The highest BCUT2D eigenvalue weighted by Crippen LogP contribution is 2.46. The van der Waals surface area contributed by atoms with E-state index >= 15 is 0 Å². The normalized spacial score (nSPS) is 12.9. The SMILES string of the molecule is [2H]c1c([2H])c([2H])c(-c2nc3ccccc3n2-c2ccccc2-c2c3ccccc3c(-c3cccc(-c4ccccn4)c3)c3ccccc23)c([2H])c1[2H]. The number of aromatic nitrogens is 3. The summed E-state index contributed by atoms with van der Waals surface area (Å²) in [6.45, 7) is 0. The summed E-state index contributed by atoms with van der Waals surface area (Å²) in [6, 6.07) is 45.2. The second-order valence-corrected chi connectivity index (χ2v) is 11.4. The number of rotatable bonds is 5. The Kier molecular flexibility index (Phi) is 5.32.